The Morgan fingerprint density at radius 3 is 2.35 bits per heavy atom. The minimum absolute atomic E-state index is 0.0215. The van der Waals surface area contributed by atoms with E-state index < -0.39 is 75.6 Å². The number of rotatable bonds is 6. The summed E-state index contributed by atoms with van der Waals surface area (Å²) >= 11 is 0. The smallest absolute Gasteiger partial charge is 0.338 e. The van der Waals surface area contributed by atoms with Gasteiger partial charge in [0.1, 0.15) is 30.5 Å². The van der Waals surface area contributed by atoms with Gasteiger partial charge in [-0.25, -0.2) is 14.4 Å². The predicted molar refractivity (Wildman–Crippen MR) is 170 cm³/mol. The zero-order valence-corrected chi connectivity index (χ0v) is 29.0. The third-order valence-electron chi connectivity index (χ3n) is 14.2. The molecule has 5 fully saturated rings. The third kappa shape index (κ3) is 3.83. The standard InChI is InChI=1S/C38H44O11/c1-15(2)8-27(40)48-14-37(45)24-11-23(24)35(5)25(37)12-22-20(13-47-17(4)39)34(44)49-38(22)26(35)10-19-18-9-21(18)36(6)29(19)30(38)28(31(41)32(36)42)16(3)33(43)46-7/h8,18,21,23-26,30,32,42,45H,9-14H2,1-7H3. The minimum Gasteiger partial charge on any atom is -0.466 e. The zero-order valence-electron chi connectivity index (χ0n) is 29.0. The van der Waals surface area contributed by atoms with E-state index in [1.807, 2.05) is 6.92 Å². The SMILES string of the molecule is COC(=O)C(C)=C1C(=O)C(O)C2(C)C3=C(CC4C5(OC(=O)C(COC(C)=O)=C5CC5C(O)(COC(=O)C=C(C)C)C6CC6C54C)C13)C1CC12. The summed E-state index contributed by atoms with van der Waals surface area (Å²) in [6.45, 7) is 9.85. The van der Waals surface area contributed by atoms with Gasteiger partial charge in [-0.05, 0) is 86.7 Å². The molecule has 0 amide bonds. The van der Waals surface area contributed by atoms with E-state index in [0.717, 1.165) is 23.1 Å². The van der Waals surface area contributed by atoms with Crippen LogP contribution in [0.2, 0.25) is 0 Å². The number of ether oxygens (including phenoxy) is 4. The lowest BCUT2D eigenvalue weighted by molar-refractivity contribution is -0.191. The van der Waals surface area contributed by atoms with Crippen molar-refractivity contribution in [2.75, 3.05) is 20.3 Å². The maximum atomic E-state index is 14.5. The van der Waals surface area contributed by atoms with Crippen molar-refractivity contribution >= 4 is 29.7 Å². The summed E-state index contributed by atoms with van der Waals surface area (Å²) in [5.41, 5.74) is -0.752. The maximum absolute atomic E-state index is 14.5. The van der Waals surface area contributed by atoms with Crippen LogP contribution < -0.4 is 0 Å². The lowest BCUT2D eigenvalue weighted by atomic mass is 9.42. The van der Waals surface area contributed by atoms with Gasteiger partial charge < -0.3 is 29.2 Å². The number of hydrogen-bond acceptors (Lipinski definition) is 11. The first-order valence-corrected chi connectivity index (χ1v) is 17.4. The van der Waals surface area contributed by atoms with Gasteiger partial charge in [0.15, 0.2) is 5.78 Å². The predicted octanol–water partition coefficient (Wildman–Crippen LogP) is 3.08. The van der Waals surface area contributed by atoms with Crippen molar-refractivity contribution in [3.63, 3.8) is 0 Å². The van der Waals surface area contributed by atoms with E-state index in [1.54, 1.807) is 13.8 Å². The molecule has 5 saturated carbocycles. The second kappa shape index (κ2) is 10.0. The van der Waals surface area contributed by atoms with Gasteiger partial charge in [-0.3, -0.25) is 9.59 Å². The van der Waals surface area contributed by atoms with Crippen LogP contribution in [-0.4, -0.2) is 77.5 Å². The molecule has 12 unspecified atom stereocenters. The van der Waals surface area contributed by atoms with Crippen LogP contribution in [-0.2, 0) is 42.9 Å². The molecule has 1 spiro atoms. The average molecular weight is 677 g/mol. The van der Waals surface area contributed by atoms with E-state index in [-0.39, 0.29) is 60.0 Å². The first-order valence-electron chi connectivity index (χ1n) is 17.4. The van der Waals surface area contributed by atoms with E-state index in [0.29, 0.717) is 18.4 Å². The Morgan fingerprint density at radius 2 is 1.69 bits per heavy atom. The van der Waals surface area contributed by atoms with Gasteiger partial charge in [-0.15, -0.1) is 0 Å². The molecule has 1 heterocycles. The van der Waals surface area contributed by atoms with Gasteiger partial charge in [0.2, 0.25) is 0 Å². The summed E-state index contributed by atoms with van der Waals surface area (Å²) in [5.74, 6) is -4.80. The Balaban J connectivity index is 1.37. The fraction of sp³-hybridized carbons (Fsp3) is 0.658. The van der Waals surface area contributed by atoms with Gasteiger partial charge in [0.25, 0.3) is 0 Å². The first kappa shape index (κ1) is 32.6. The molecule has 11 nitrogen and oxygen atoms in total. The molecule has 49 heavy (non-hydrogen) atoms. The van der Waals surface area contributed by atoms with Crippen LogP contribution in [0.1, 0.15) is 67.2 Å². The van der Waals surface area contributed by atoms with E-state index in [1.165, 1.54) is 27.0 Å². The number of hydrogen-bond donors (Lipinski definition) is 2. The quantitative estimate of drug-likeness (QED) is 0.184. The van der Waals surface area contributed by atoms with Crippen molar-refractivity contribution in [1.29, 1.82) is 0 Å². The van der Waals surface area contributed by atoms with Gasteiger partial charge in [0.05, 0.1) is 18.6 Å². The first-order chi connectivity index (χ1) is 23.0. The van der Waals surface area contributed by atoms with Gasteiger partial charge in [-0.1, -0.05) is 25.0 Å². The Kier molecular flexibility index (Phi) is 6.67. The number of methoxy groups -OCH3 is 1. The number of carbonyl (C=O) groups excluding carboxylic acids is 5. The van der Waals surface area contributed by atoms with Crippen LogP contribution in [0.5, 0.6) is 0 Å². The van der Waals surface area contributed by atoms with Gasteiger partial charge in [-0.2, -0.15) is 0 Å². The Hall–Kier alpha value is -3.57. The number of ketones is 1. The number of esters is 4. The Bertz CT molecular complexity index is 1790. The molecule has 262 valence electrons. The molecule has 0 aromatic rings. The van der Waals surface area contributed by atoms with E-state index in [2.05, 4.69) is 6.92 Å². The molecule has 0 aromatic carbocycles. The summed E-state index contributed by atoms with van der Waals surface area (Å²) < 4.78 is 22.9. The van der Waals surface area contributed by atoms with Crippen molar-refractivity contribution in [2.24, 2.45) is 52.3 Å². The van der Waals surface area contributed by atoms with Crippen LogP contribution >= 0.6 is 0 Å². The average Bonchev–Trinajstić information content (AvgIpc) is 3.95. The van der Waals surface area contributed by atoms with Crippen LogP contribution in [0.3, 0.4) is 0 Å². The normalized spacial score (nSPS) is 45.6. The highest BCUT2D eigenvalue weighted by Gasteiger charge is 2.84. The van der Waals surface area contributed by atoms with Crippen molar-refractivity contribution in [3.8, 4) is 0 Å². The fourth-order valence-electron chi connectivity index (χ4n) is 12.2. The highest BCUT2D eigenvalue weighted by molar-refractivity contribution is 6.09. The number of aliphatic hydroxyl groups is 2. The fourth-order valence-corrected chi connectivity index (χ4v) is 12.2. The molecular weight excluding hydrogens is 632 g/mol. The highest BCUT2D eigenvalue weighted by atomic mass is 16.6. The molecular formula is C38H44O11. The topological polar surface area (TPSA) is 163 Å². The molecule has 8 rings (SSSR count). The van der Waals surface area contributed by atoms with Gasteiger partial charge in [0, 0.05) is 41.4 Å². The molecule has 0 saturated heterocycles. The lowest BCUT2D eigenvalue weighted by Crippen LogP contribution is -2.67. The molecule has 12 atom stereocenters. The molecule has 0 bridgehead atoms. The largest absolute Gasteiger partial charge is 0.466 e. The third-order valence-corrected chi connectivity index (χ3v) is 14.2. The summed E-state index contributed by atoms with van der Waals surface area (Å²) in [6.07, 6.45) is 2.23. The molecule has 0 radical (unpaired) electrons. The van der Waals surface area contributed by atoms with Crippen molar-refractivity contribution in [1.82, 2.24) is 0 Å². The van der Waals surface area contributed by atoms with E-state index in [9.17, 15) is 34.2 Å². The summed E-state index contributed by atoms with van der Waals surface area (Å²) in [4.78, 5) is 66.6. The van der Waals surface area contributed by atoms with Crippen LogP contribution in [0.4, 0.5) is 0 Å². The number of aliphatic hydroxyl groups excluding tert-OH is 1. The molecule has 2 N–H and O–H groups in total. The van der Waals surface area contributed by atoms with E-state index >= 15 is 0 Å². The van der Waals surface area contributed by atoms with Gasteiger partial charge >= 0.3 is 23.9 Å². The maximum Gasteiger partial charge on any atom is 0.338 e. The molecule has 8 aliphatic rings. The molecule has 7 aliphatic carbocycles. The van der Waals surface area contributed by atoms with Crippen molar-refractivity contribution < 1.29 is 53.1 Å². The monoisotopic (exact) mass is 676 g/mol. The lowest BCUT2D eigenvalue weighted by Gasteiger charge is -2.63. The summed E-state index contributed by atoms with van der Waals surface area (Å²) in [7, 11) is 1.24. The number of allylic oxidation sites excluding steroid dienone is 2. The van der Waals surface area contributed by atoms with E-state index in [4.69, 9.17) is 18.9 Å². The van der Waals surface area contributed by atoms with Crippen molar-refractivity contribution in [3.05, 3.63) is 45.1 Å². The highest BCUT2D eigenvalue weighted by Crippen LogP contribution is 2.83. The molecule has 11 heteroatoms. The summed E-state index contributed by atoms with van der Waals surface area (Å²) in [6, 6.07) is 0. The number of Topliss-reactive ketones (excluding diaryl/α,β-unsaturated/α-hetero) is 1. The zero-order chi connectivity index (χ0) is 35.3. The second-order valence-electron chi connectivity index (χ2n) is 16.5. The second-order valence-corrected chi connectivity index (χ2v) is 16.5. The summed E-state index contributed by atoms with van der Waals surface area (Å²) in [5, 5.41) is 24.4. The number of fused-ring (bicyclic) bond motifs is 7. The van der Waals surface area contributed by atoms with Crippen LogP contribution in [0, 0.1) is 52.3 Å². The molecule has 1 aliphatic heterocycles. The molecule has 0 aromatic heterocycles. The Labute approximate surface area is 284 Å². The minimum atomic E-state index is -1.44. The van der Waals surface area contributed by atoms with Crippen LogP contribution in [0.25, 0.3) is 0 Å². The Morgan fingerprint density at radius 1 is 0.980 bits per heavy atom. The number of carbonyl (C=O) groups is 5. The van der Waals surface area contributed by atoms with Crippen LogP contribution in [0.15, 0.2) is 45.1 Å². The van der Waals surface area contributed by atoms with Crippen molar-refractivity contribution in [2.45, 2.75) is 84.5 Å².